The zero-order valence-corrected chi connectivity index (χ0v) is 15.0. The van der Waals surface area contributed by atoms with Gasteiger partial charge in [-0.15, -0.1) is 0 Å². The van der Waals surface area contributed by atoms with Crippen molar-refractivity contribution < 1.29 is 23.1 Å². The second-order valence-corrected chi connectivity index (χ2v) is 7.32. The Balaban J connectivity index is 2.02. The molecule has 3 aromatic rings. The van der Waals surface area contributed by atoms with Gasteiger partial charge in [0.25, 0.3) is 10.0 Å². The van der Waals surface area contributed by atoms with Gasteiger partial charge in [-0.3, -0.25) is 4.72 Å². The standard InChI is InChI=1S/C15H13ClN4O5S/c1-9-17-15-11(3-2-6-20(15)18-9)19-26(23,24)13-7-10(16)4-5-12(13)25-8-14(21)22/h2-7,19H,8H2,1H3,(H,21,22). The smallest absolute Gasteiger partial charge is 0.341 e. The molecule has 0 aliphatic heterocycles. The maximum absolute atomic E-state index is 12.8. The molecule has 0 saturated heterocycles. The summed E-state index contributed by atoms with van der Waals surface area (Å²) in [5.41, 5.74) is 0.529. The molecule has 2 N–H and O–H groups in total. The van der Waals surface area contributed by atoms with Crippen LogP contribution in [0.15, 0.2) is 41.4 Å². The van der Waals surface area contributed by atoms with Crippen molar-refractivity contribution in [1.29, 1.82) is 0 Å². The summed E-state index contributed by atoms with van der Waals surface area (Å²) in [6, 6.07) is 7.01. The summed E-state index contributed by atoms with van der Waals surface area (Å²) >= 11 is 5.90. The number of aliphatic carboxylic acids is 1. The van der Waals surface area contributed by atoms with Crippen LogP contribution < -0.4 is 9.46 Å². The van der Waals surface area contributed by atoms with E-state index in [9.17, 15) is 13.2 Å². The third-order valence-electron chi connectivity index (χ3n) is 3.26. The van der Waals surface area contributed by atoms with E-state index in [1.54, 1.807) is 19.2 Å². The molecule has 0 unspecified atom stereocenters. The van der Waals surface area contributed by atoms with Crippen molar-refractivity contribution >= 4 is 38.9 Å². The number of nitrogens with one attached hydrogen (secondary N) is 1. The number of halogens is 1. The number of aryl methyl sites for hydroxylation is 1. The molecule has 0 radical (unpaired) electrons. The molecule has 0 saturated carbocycles. The predicted molar refractivity (Wildman–Crippen MR) is 93.1 cm³/mol. The zero-order chi connectivity index (χ0) is 18.9. The van der Waals surface area contributed by atoms with Crippen LogP contribution >= 0.6 is 11.6 Å². The molecule has 2 aromatic heterocycles. The van der Waals surface area contributed by atoms with E-state index in [0.29, 0.717) is 11.5 Å². The van der Waals surface area contributed by atoms with Crippen molar-refractivity contribution in [1.82, 2.24) is 14.6 Å². The Hall–Kier alpha value is -2.85. The second kappa shape index (κ2) is 6.81. The second-order valence-electron chi connectivity index (χ2n) is 5.23. The predicted octanol–water partition coefficient (Wildman–Crippen LogP) is 1.96. The number of ether oxygens (including phenoxy) is 1. The van der Waals surface area contributed by atoms with Crippen LogP contribution in [0.1, 0.15) is 5.82 Å². The molecular formula is C15H13ClN4O5S. The number of sulfonamides is 1. The Labute approximate surface area is 153 Å². The number of carboxylic acid groups (broad SMARTS) is 1. The lowest BCUT2D eigenvalue weighted by molar-refractivity contribution is -0.139. The highest BCUT2D eigenvalue weighted by Crippen LogP contribution is 2.29. The van der Waals surface area contributed by atoms with Gasteiger partial charge in [0.1, 0.15) is 16.5 Å². The number of nitrogens with zero attached hydrogens (tertiary/aromatic N) is 3. The van der Waals surface area contributed by atoms with Crippen LogP contribution in [0.4, 0.5) is 5.69 Å². The molecule has 136 valence electrons. The largest absolute Gasteiger partial charge is 0.480 e. The van der Waals surface area contributed by atoms with Gasteiger partial charge in [0.15, 0.2) is 12.3 Å². The molecule has 0 aliphatic rings. The lowest BCUT2D eigenvalue weighted by Crippen LogP contribution is -2.17. The molecule has 2 heterocycles. The number of hydrogen-bond acceptors (Lipinski definition) is 6. The van der Waals surface area contributed by atoms with Crippen LogP contribution in [0.3, 0.4) is 0 Å². The molecule has 26 heavy (non-hydrogen) atoms. The fourth-order valence-corrected chi connectivity index (χ4v) is 3.71. The molecule has 0 atom stereocenters. The molecule has 0 fully saturated rings. The van der Waals surface area contributed by atoms with E-state index < -0.39 is 22.6 Å². The van der Waals surface area contributed by atoms with Gasteiger partial charge < -0.3 is 9.84 Å². The average molecular weight is 397 g/mol. The van der Waals surface area contributed by atoms with Crippen LogP contribution in [-0.2, 0) is 14.8 Å². The Morgan fingerprint density at radius 1 is 1.38 bits per heavy atom. The van der Waals surface area contributed by atoms with Crippen LogP contribution in [0.5, 0.6) is 5.75 Å². The van der Waals surface area contributed by atoms with Gasteiger partial charge in [-0.2, -0.15) is 5.10 Å². The quantitative estimate of drug-likeness (QED) is 0.652. The Kier molecular flexibility index (Phi) is 4.70. The maximum Gasteiger partial charge on any atom is 0.341 e. The van der Waals surface area contributed by atoms with Crippen LogP contribution in [0.25, 0.3) is 5.65 Å². The van der Waals surface area contributed by atoms with E-state index in [1.807, 2.05) is 0 Å². The maximum atomic E-state index is 12.8. The molecule has 0 aliphatic carbocycles. The Morgan fingerprint density at radius 2 is 2.15 bits per heavy atom. The van der Waals surface area contributed by atoms with Crippen molar-refractivity contribution in [2.75, 3.05) is 11.3 Å². The van der Waals surface area contributed by atoms with Gasteiger partial charge in [-0.25, -0.2) is 22.7 Å². The summed E-state index contributed by atoms with van der Waals surface area (Å²) in [6.45, 7) is 0.989. The third-order valence-corrected chi connectivity index (χ3v) is 4.88. The molecule has 1 aromatic carbocycles. The van der Waals surface area contributed by atoms with Crippen LogP contribution in [0, 0.1) is 6.92 Å². The van der Waals surface area contributed by atoms with E-state index in [2.05, 4.69) is 14.8 Å². The fraction of sp³-hybridized carbons (Fsp3) is 0.133. The minimum absolute atomic E-state index is 0.131. The summed E-state index contributed by atoms with van der Waals surface area (Å²) in [4.78, 5) is 14.6. The highest BCUT2D eigenvalue weighted by atomic mass is 35.5. The minimum atomic E-state index is -4.13. The number of aromatic nitrogens is 3. The lowest BCUT2D eigenvalue weighted by Gasteiger charge is -2.13. The van der Waals surface area contributed by atoms with Gasteiger partial charge in [-0.05, 0) is 37.3 Å². The Morgan fingerprint density at radius 3 is 2.88 bits per heavy atom. The van der Waals surface area contributed by atoms with Crippen LogP contribution in [-0.4, -0.2) is 40.7 Å². The monoisotopic (exact) mass is 396 g/mol. The van der Waals surface area contributed by atoms with E-state index in [1.165, 1.54) is 28.8 Å². The SMILES string of the molecule is Cc1nc2c(NS(=O)(=O)c3cc(Cl)ccc3OCC(=O)O)cccn2n1. The normalized spacial score (nSPS) is 11.5. The fourth-order valence-electron chi connectivity index (χ4n) is 2.24. The number of benzene rings is 1. The summed E-state index contributed by atoms with van der Waals surface area (Å²) < 4.78 is 34.5. The van der Waals surface area contributed by atoms with E-state index >= 15 is 0 Å². The van der Waals surface area contributed by atoms with Crippen molar-refractivity contribution in [3.8, 4) is 5.75 Å². The van der Waals surface area contributed by atoms with Crippen molar-refractivity contribution in [3.63, 3.8) is 0 Å². The first-order chi connectivity index (χ1) is 12.3. The molecule has 0 bridgehead atoms. The minimum Gasteiger partial charge on any atom is -0.480 e. The number of carbonyl (C=O) groups is 1. The summed E-state index contributed by atoms with van der Waals surface area (Å²) in [6.07, 6.45) is 1.63. The molecule has 9 nitrogen and oxygen atoms in total. The number of hydrogen-bond donors (Lipinski definition) is 2. The molecular weight excluding hydrogens is 384 g/mol. The highest BCUT2D eigenvalue weighted by molar-refractivity contribution is 7.92. The van der Waals surface area contributed by atoms with Crippen molar-refractivity contribution in [2.45, 2.75) is 11.8 Å². The van der Waals surface area contributed by atoms with Gasteiger partial charge in [-0.1, -0.05) is 11.6 Å². The number of anilines is 1. The topological polar surface area (TPSA) is 123 Å². The number of fused-ring (bicyclic) bond motifs is 1. The first-order valence-electron chi connectivity index (χ1n) is 7.25. The molecule has 11 heteroatoms. The molecule has 0 amide bonds. The van der Waals surface area contributed by atoms with Crippen LogP contribution in [0.2, 0.25) is 5.02 Å². The summed E-state index contributed by atoms with van der Waals surface area (Å²) in [5.74, 6) is -0.890. The Bertz CT molecular complexity index is 1100. The number of rotatable bonds is 6. The number of carboxylic acids is 1. The van der Waals surface area contributed by atoms with E-state index in [4.69, 9.17) is 21.4 Å². The van der Waals surface area contributed by atoms with Crippen molar-refractivity contribution in [3.05, 3.63) is 47.4 Å². The first-order valence-corrected chi connectivity index (χ1v) is 9.11. The highest BCUT2D eigenvalue weighted by Gasteiger charge is 2.22. The van der Waals surface area contributed by atoms with Gasteiger partial charge >= 0.3 is 5.97 Å². The van der Waals surface area contributed by atoms with Gasteiger partial charge in [0, 0.05) is 11.2 Å². The lowest BCUT2D eigenvalue weighted by atomic mass is 10.3. The number of pyridine rings is 1. The van der Waals surface area contributed by atoms with Crippen molar-refractivity contribution in [2.24, 2.45) is 0 Å². The summed E-state index contributed by atoms with van der Waals surface area (Å²) in [5, 5.41) is 13.0. The third kappa shape index (κ3) is 3.70. The van der Waals surface area contributed by atoms with E-state index in [0.717, 1.165) is 0 Å². The first kappa shape index (κ1) is 18.0. The average Bonchev–Trinajstić information content (AvgIpc) is 2.94. The summed E-state index contributed by atoms with van der Waals surface area (Å²) in [7, 11) is -4.13. The zero-order valence-electron chi connectivity index (χ0n) is 13.4. The molecule has 3 rings (SSSR count). The van der Waals surface area contributed by atoms with Gasteiger partial charge in [0.05, 0.1) is 5.69 Å². The van der Waals surface area contributed by atoms with Gasteiger partial charge in [0.2, 0.25) is 0 Å². The van der Waals surface area contributed by atoms with E-state index in [-0.39, 0.29) is 21.4 Å². The molecule has 0 spiro atoms.